The summed E-state index contributed by atoms with van der Waals surface area (Å²) in [4.78, 5) is 0. The molecule has 2 heteroatoms. The van der Waals surface area contributed by atoms with Crippen molar-refractivity contribution in [1.29, 1.82) is 0 Å². The van der Waals surface area contributed by atoms with Gasteiger partial charge in [-0.05, 0) is 0 Å². The normalized spacial score (nSPS) is 7.75. The molecule has 0 nitrogen and oxygen atoms in total. The summed E-state index contributed by atoms with van der Waals surface area (Å²) in [7, 11) is 0. The van der Waals surface area contributed by atoms with Gasteiger partial charge in [-0.15, -0.1) is 17.0 Å². The number of halogens is 1. The Kier molecular flexibility index (Phi) is 4.36. The molecule has 0 spiro atoms. The zero-order valence-corrected chi connectivity index (χ0v) is 6.51. The van der Waals surface area contributed by atoms with Crippen LogP contribution in [-0.2, 0) is 0 Å². The molecule has 0 bridgehead atoms. The van der Waals surface area contributed by atoms with E-state index in [0.29, 0.717) is 0 Å². The van der Waals surface area contributed by atoms with Crippen LogP contribution in [0.2, 0.25) is 0 Å². The first kappa shape index (κ1) is 8.30. The molecule has 0 aliphatic heterocycles. The van der Waals surface area contributed by atoms with E-state index in [0.717, 1.165) is 0 Å². The van der Waals surface area contributed by atoms with Gasteiger partial charge in [0.25, 0.3) is 0 Å². The van der Waals surface area contributed by atoms with Gasteiger partial charge in [-0.25, -0.2) is 0 Å². The van der Waals surface area contributed by atoms with Gasteiger partial charge in [-0.1, -0.05) is 0 Å². The molecule has 0 aliphatic carbocycles. The second-order valence-electron chi connectivity index (χ2n) is 1.65. The zero-order valence-electron chi connectivity index (χ0n) is 4.79. The first-order valence-corrected chi connectivity index (χ1v) is 2.41. The fourth-order valence-corrected chi connectivity index (χ4v) is 0.534. The van der Waals surface area contributed by atoms with E-state index >= 15 is 0 Å². The fraction of sp³-hybridized carbons (Fsp3) is 0. The van der Waals surface area contributed by atoms with Crippen LogP contribution >= 0.6 is 17.0 Å². The Bertz CT molecular complexity index is 138. The monoisotopic (exact) mass is 164 g/mol. The van der Waals surface area contributed by atoms with Gasteiger partial charge in [-0.3, -0.25) is 0 Å². The van der Waals surface area contributed by atoms with Crippen molar-refractivity contribution in [3.05, 3.63) is 30.3 Å². The van der Waals surface area contributed by atoms with Gasteiger partial charge in [0, 0.05) is 0 Å². The molecule has 8 heavy (non-hydrogen) atoms. The molecule has 0 radical (unpaired) electrons. The van der Waals surface area contributed by atoms with E-state index in [1.54, 1.807) is 0 Å². The van der Waals surface area contributed by atoms with Crippen molar-refractivity contribution in [2.45, 2.75) is 0 Å². The second kappa shape index (κ2) is 4.20. The van der Waals surface area contributed by atoms with Gasteiger partial charge >= 0.3 is 52.3 Å². The summed E-state index contributed by atoms with van der Waals surface area (Å²) in [5.41, 5.74) is 0. The third-order valence-corrected chi connectivity index (χ3v) is 0.940. The van der Waals surface area contributed by atoms with Crippen molar-refractivity contribution in [3.8, 4) is 0 Å². The first-order valence-electron chi connectivity index (χ1n) is 2.41. The number of rotatable bonds is 0. The van der Waals surface area contributed by atoms with Gasteiger partial charge in [0.1, 0.15) is 0 Å². The molecule has 1 aromatic carbocycles. The van der Waals surface area contributed by atoms with Crippen LogP contribution in [0.4, 0.5) is 0 Å². The molecule has 1 rings (SSSR count). The van der Waals surface area contributed by atoms with Gasteiger partial charge in [0.2, 0.25) is 0 Å². The third kappa shape index (κ3) is 2.57. The third-order valence-electron chi connectivity index (χ3n) is 0.940. The van der Waals surface area contributed by atoms with Crippen molar-refractivity contribution < 1.29 is 0 Å². The minimum absolute atomic E-state index is 0. The van der Waals surface area contributed by atoms with E-state index in [9.17, 15) is 0 Å². The van der Waals surface area contributed by atoms with Crippen molar-refractivity contribution in [1.82, 2.24) is 0 Å². The Balaban J connectivity index is 0.000000490. The predicted octanol–water partition coefficient (Wildman–Crippen LogP) is 1.06. The maximum absolute atomic E-state index is 2.08. The van der Waals surface area contributed by atoms with Gasteiger partial charge in [0.05, 0.1) is 0 Å². The molecule has 0 fully saturated rings. The maximum atomic E-state index is 2.08. The molecule has 0 amide bonds. The van der Waals surface area contributed by atoms with E-state index in [4.69, 9.17) is 0 Å². The Morgan fingerprint density at radius 2 is 1.50 bits per heavy atom. The number of benzene rings is 1. The molecular formula is C6H6BrLi. The SMILES string of the molecule is Br.[Li][c]1ccccc1. The Morgan fingerprint density at radius 3 is 1.75 bits per heavy atom. The quantitative estimate of drug-likeness (QED) is 0.504. The van der Waals surface area contributed by atoms with Crippen LogP contribution in [0.3, 0.4) is 0 Å². The first-order chi connectivity index (χ1) is 3.39. The average molecular weight is 165 g/mol. The molecule has 0 saturated carbocycles. The standard InChI is InChI=1S/C6H5.BrH.Li/c1-2-4-6-5-3-1;;/h1-5H;1H;. The van der Waals surface area contributed by atoms with Crippen LogP contribution in [0.25, 0.3) is 0 Å². The van der Waals surface area contributed by atoms with E-state index in [1.807, 2.05) is 18.2 Å². The van der Waals surface area contributed by atoms with Crippen molar-refractivity contribution in [2.75, 3.05) is 0 Å². The second-order valence-corrected chi connectivity index (χ2v) is 1.65. The number of hydrogen-bond acceptors (Lipinski definition) is 0. The van der Waals surface area contributed by atoms with Crippen LogP contribution in [0.15, 0.2) is 30.3 Å². The molecule has 38 valence electrons. The summed E-state index contributed by atoms with van der Waals surface area (Å²) in [6.07, 6.45) is 0. The van der Waals surface area contributed by atoms with E-state index in [2.05, 4.69) is 29.8 Å². The molecule has 0 atom stereocenters. The summed E-state index contributed by atoms with van der Waals surface area (Å²) in [5.74, 6) is 0. The summed E-state index contributed by atoms with van der Waals surface area (Å²) in [5, 5.41) is 0. The molecule has 0 heterocycles. The van der Waals surface area contributed by atoms with Crippen LogP contribution in [-0.4, -0.2) is 17.7 Å². The van der Waals surface area contributed by atoms with Gasteiger partial charge < -0.3 is 0 Å². The summed E-state index contributed by atoms with van der Waals surface area (Å²) < 4.78 is 1.32. The Morgan fingerprint density at radius 1 is 1.00 bits per heavy atom. The Labute approximate surface area is 69.3 Å². The summed E-state index contributed by atoms with van der Waals surface area (Å²) in [6.45, 7) is 0. The molecule has 0 unspecified atom stereocenters. The molecule has 0 aliphatic rings. The van der Waals surface area contributed by atoms with Crippen LogP contribution in [0, 0.1) is 0 Å². The number of hydrogen-bond donors (Lipinski definition) is 0. The van der Waals surface area contributed by atoms with Gasteiger partial charge in [0.15, 0.2) is 0 Å². The summed E-state index contributed by atoms with van der Waals surface area (Å²) in [6, 6.07) is 10.3. The predicted molar refractivity (Wildman–Crippen MR) is 42.2 cm³/mol. The van der Waals surface area contributed by atoms with Crippen LogP contribution < -0.4 is 4.24 Å². The van der Waals surface area contributed by atoms with Crippen molar-refractivity contribution in [2.24, 2.45) is 0 Å². The molecule has 0 N–H and O–H groups in total. The van der Waals surface area contributed by atoms with Crippen LogP contribution in [0.1, 0.15) is 0 Å². The van der Waals surface area contributed by atoms with E-state index < -0.39 is 0 Å². The van der Waals surface area contributed by atoms with Gasteiger partial charge in [-0.2, -0.15) is 0 Å². The van der Waals surface area contributed by atoms with Crippen LogP contribution in [0.5, 0.6) is 0 Å². The molecular weight excluding hydrogens is 159 g/mol. The minimum atomic E-state index is 0. The van der Waals surface area contributed by atoms with E-state index in [1.165, 1.54) is 4.24 Å². The Hall–Kier alpha value is 0.297. The molecule has 1 aromatic rings. The van der Waals surface area contributed by atoms with E-state index in [-0.39, 0.29) is 17.0 Å². The van der Waals surface area contributed by atoms with Crippen molar-refractivity contribution >= 4 is 38.9 Å². The zero-order chi connectivity index (χ0) is 5.11. The topological polar surface area (TPSA) is 0 Å². The average Bonchev–Trinajstić information content (AvgIpc) is 1.69. The fourth-order valence-electron chi connectivity index (χ4n) is 0.534. The summed E-state index contributed by atoms with van der Waals surface area (Å²) >= 11 is 2.08. The molecule has 0 aromatic heterocycles. The van der Waals surface area contributed by atoms with Crippen molar-refractivity contribution in [3.63, 3.8) is 0 Å². The molecule has 0 saturated heterocycles.